The average Bonchev–Trinajstić information content (AvgIpc) is 2.43. The highest BCUT2D eigenvalue weighted by molar-refractivity contribution is 6.44. The molecule has 1 aliphatic carbocycles. The molecule has 0 radical (unpaired) electrons. The molecule has 0 spiro atoms. The van der Waals surface area contributed by atoms with Gasteiger partial charge >= 0.3 is 0 Å². The van der Waals surface area contributed by atoms with Gasteiger partial charge in [0.2, 0.25) is 0 Å². The Morgan fingerprint density at radius 2 is 1.90 bits per heavy atom. The van der Waals surface area contributed by atoms with E-state index in [1.54, 1.807) is 0 Å². The lowest BCUT2D eigenvalue weighted by Crippen LogP contribution is -2.40. The summed E-state index contributed by atoms with van der Waals surface area (Å²) in [7, 11) is 0. The maximum atomic E-state index is 12.2. The molecule has 6 nitrogen and oxygen atoms in total. The molecule has 0 heterocycles. The molecule has 1 aromatic carbocycles. The molecule has 0 aliphatic heterocycles. The fourth-order valence-corrected chi connectivity index (χ4v) is 2.78. The van der Waals surface area contributed by atoms with Crippen LogP contribution in [0.5, 0.6) is 0 Å². The number of nitrogens with one attached hydrogen (secondary N) is 1. The topological polar surface area (TPSA) is 98.3 Å². The highest BCUT2D eigenvalue weighted by Crippen LogP contribution is 2.31. The number of nitrogens with zero attached hydrogens (tertiary/aromatic N) is 1. The molecule has 2 rings (SSSR count). The quantitative estimate of drug-likeness (QED) is 0.657. The van der Waals surface area contributed by atoms with Crippen molar-refractivity contribution in [3.63, 3.8) is 0 Å². The zero-order valence-electron chi connectivity index (χ0n) is 11.1. The summed E-state index contributed by atoms with van der Waals surface area (Å²) in [4.78, 5) is 22.4. The number of carbonyl (C=O) groups excluding carboxylic acids is 1. The fraction of sp³-hybridized carbons (Fsp3) is 0.462. The van der Waals surface area contributed by atoms with Crippen molar-refractivity contribution in [3.8, 4) is 0 Å². The molecule has 21 heavy (non-hydrogen) atoms. The minimum atomic E-state index is -0.612. The Bertz CT molecular complexity index is 572. The Hall–Kier alpha value is -1.37. The van der Waals surface area contributed by atoms with Gasteiger partial charge < -0.3 is 11.1 Å². The van der Waals surface area contributed by atoms with Gasteiger partial charge in [-0.05, 0) is 25.7 Å². The number of nitro groups is 1. The number of amides is 1. The SMILES string of the molecule is NC1CCC(NC(=O)c2cc([N+](=O)[O-])cc(Cl)c2Cl)CC1. The van der Waals surface area contributed by atoms with Crippen molar-refractivity contribution in [1.29, 1.82) is 0 Å². The van der Waals surface area contributed by atoms with E-state index in [9.17, 15) is 14.9 Å². The summed E-state index contributed by atoms with van der Waals surface area (Å²) in [5, 5.41) is 13.7. The van der Waals surface area contributed by atoms with Gasteiger partial charge in [0.15, 0.2) is 0 Å². The molecule has 1 fully saturated rings. The minimum absolute atomic E-state index is 0.00593. The maximum Gasteiger partial charge on any atom is 0.271 e. The van der Waals surface area contributed by atoms with Gasteiger partial charge in [0.25, 0.3) is 11.6 Å². The van der Waals surface area contributed by atoms with Crippen molar-refractivity contribution >= 4 is 34.8 Å². The molecular weight excluding hydrogens is 317 g/mol. The van der Waals surface area contributed by atoms with E-state index in [2.05, 4.69) is 5.32 Å². The Morgan fingerprint density at radius 1 is 1.29 bits per heavy atom. The lowest BCUT2D eigenvalue weighted by Gasteiger charge is -2.26. The van der Waals surface area contributed by atoms with E-state index in [1.807, 2.05) is 0 Å². The molecule has 114 valence electrons. The summed E-state index contributed by atoms with van der Waals surface area (Å²) in [5.41, 5.74) is 5.57. The van der Waals surface area contributed by atoms with Crippen molar-refractivity contribution in [2.75, 3.05) is 0 Å². The Kier molecular flexibility index (Phi) is 5.03. The van der Waals surface area contributed by atoms with E-state index in [0.29, 0.717) is 0 Å². The normalized spacial score (nSPS) is 21.9. The lowest BCUT2D eigenvalue weighted by molar-refractivity contribution is -0.384. The number of carbonyl (C=O) groups is 1. The number of nitro benzene ring substituents is 1. The van der Waals surface area contributed by atoms with Crippen LogP contribution in [0.1, 0.15) is 36.0 Å². The van der Waals surface area contributed by atoms with Gasteiger partial charge in [-0.15, -0.1) is 0 Å². The van der Waals surface area contributed by atoms with Crippen molar-refractivity contribution in [2.24, 2.45) is 5.73 Å². The summed E-state index contributed by atoms with van der Waals surface area (Å²) in [5.74, 6) is -0.453. The first-order chi connectivity index (χ1) is 9.88. The second kappa shape index (κ2) is 6.60. The van der Waals surface area contributed by atoms with Gasteiger partial charge in [0.05, 0.1) is 20.5 Å². The lowest BCUT2D eigenvalue weighted by atomic mass is 9.91. The summed E-state index contributed by atoms with van der Waals surface area (Å²) < 4.78 is 0. The second-order valence-electron chi connectivity index (χ2n) is 5.13. The number of hydrogen-bond acceptors (Lipinski definition) is 4. The molecule has 0 atom stereocenters. The van der Waals surface area contributed by atoms with Gasteiger partial charge in [-0.3, -0.25) is 14.9 Å². The fourth-order valence-electron chi connectivity index (χ4n) is 2.37. The number of hydrogen-bond donors (Lipinski definition) is 2. The van der Waals surface area contributed by atoms with Crippen molar-refractivity contribution in [1.82, 2.24) is 5.32 Å². The first-order valence-electron chi connectivity index (χ1n) is 6.58. The van der Waals surface area contributed by atoms with Crippen LogP contribution >= 0.6 is 23.2 Å². The van der Waals surface area contributed by atoms with E-state index in [0.717, 1.165) is 37.8 Å². The number of halogens is 2. The number of benzene rings is 1. The zero-order valence-corrected chi connectivity index (χ0v) is 12.7. The second-order valence-corrected chi connectivity index (χ2v) is 5.92. The molecule has 1 amide bonds. The highest BCUT2D eigenvalue weighted by Gasteiger charge is 2.24. The Morgan fingerprint density at radius 3 is 2.48 bits per heavy atom. The van der Waals surface area contributed by atoms with Gasteiger partial charge in [-0.1, -0.05) is 23.2 Å². The number of rotatable bonds is 3. The third-order valence-electron chi connectivity index (χ3n) is 3.58. The molecule has 1 saturated carbocycles. The monoisotopic (exact) mass is 331 g/mol. The van der Waals surface area contributed by atoms with Crippen LogP contribution in [0.3, 0.4) is 0 Å². The minimum Gasteiger partial charge on any atom is -0.349 e. The largest absolute Gasteiger partial charge is 0.349 e. The van der Waals surface area contributed by atoms with Crippen LogP contribution in [-0.2, 0) is 0 Å². The molecule has 8 heteroatoms. The highest BCUT2D eigenvalue weighted by atomic mass is 35.5. The summed E-state index contributed by atoms with van der Waals surface area (Å²) in [6, 6.07) is 2.44. The average molecular weight is 332 g/mol. The molecular formula is C13H15Cl2N3O3. The van der Waals surface area contributed by atoms with Crippen LogP contribution in [-0.4, -0.2) is 22.9 Å². The van der Waals surface area contributed by atoms with E-state index >= 15 is 0 Å². The Balaban J connectivity index is 2.17. The first-order valence-corrected chi connectivity index (χ1v) is 7.34. The zero-order chi connectivity index (χ0) is 15.6. The molecule has 1 aromatic rings. The smallest absolute Gasteiger partial charge is 0.271 e. The van der Waals surface area contributed by atoms with Crippen LogP contribution in [0, 0.1) is 10.1 Å². The summed E-state index contributed by atoms with van der Waals surface area (Å²) >= 11 is 11.8. The predicted molar refractivity (Wildman–Crippen MR) is 80.8 cm³/mol. The van der Waals surface area contributed by atoms with Crippen molar-refractivity contribution < 1.29 is 9.72 Å². The molecule has 0 aromatic heterocycles. The number of non-ortho nitro benzene ring substituents is 1. The molecule has 0 bridgehead atoms. The van der Waals surface area contributed by atoms with Gasteiger partial charge in [0, 0.05) is 24.2 Å². The van der Waals surface area contributed by atoms with Crippen molar-refractivity contribution in [2.45, 2.75) is 37.8 Å². The van der Waals surface area contributed by atoms with Crippen LogP contribution in [0.15, 0.2) is 12.1 Å². The molecule has 0 unspecified atom stereocenters. The van der Waals surface area contributed by atoms with Gasteiger partial charge in [-0.2, -0.15) is 0 Å². The van der Waals surface area contributed by atoms with Crippen LogP contribution in [0.2, 0.25) is 10.0 Å². The molecule has 1 aliphatic rings. The van der Waals surface area contributed by atoms with E-state index in [1.165, 1.54) is 0 Å². The maximum absolute atomic E-state index is 12.2. The Labute approximate surface area is 131 Å². The third kappa shape index (κ3) is 3.84. The molecule has 0 saturated heterocycles. The van der Waals surface area contributed by atoms with Crippen LogP contribution in [0.4, 0.5) is 5.69 Å². The number of nitrogens with two attached hydrogens (primary N) is 1. The van der Waals surface area contributed by atoms with Gasteiger partial charge in [0.1, 0.15) is 0 Å². The van der Waals surface area contributed by atoms with Crippen LogP contribution in [0.25, 0.3) is 0 Å². The van der Waals surface area contributed by atoms with E-state index in [-0.39, 0.29) is 33.4 Å². The van der Waals surface area contributed by atoms with Gasteiger partial charge in [-0.25, -0.2) is 0 Å². The first kappa shape index (κ1) is 16.0. The third-order valence-corrected chi connectivity index (χ3v) is 4.38. The summed E-state index contributed by atoms with van der Waals surface area (Å²) in [6.45, 7) is 0. The van der Waals surface area contributed by atoms with Crippen molar-refractivity contribution in [3.05, 3.63) is 37.9 Å². The van der Waals surface area contributed by atoms with Crippen LogP contribution < -0.4 is 11.1 Å². The predicted octanol–water partition coefficient (Wildman–Crippen LogP) is 2.90. The molecule has 3 N–H and O–H groups in total. The standard InChI is InChI=1S/C13H15Cl2N3O3/c14-11-6-9(18(20)21)5-10(12(11)15)13(19)17-8-3-1-7(16)2-4-8/h5-8H,1-4,16H2,(H,17,19). The summed E-state index contributed by atoms with van der Waals surface area (Å²) in [6.07, 6.45) is 3.25. The van der Waals surface area contributed by atoms with E-state index < -0.39 is 10.8 Å². The van der Waals surface area contributed by atoms with E-state index in [4.69, 9.17) is 28.9 Å².